The second-order valence-corrected chi connectivity index (χ2v) is 7.57. The van der Waals surface area contributed by atoms with Gasteiger partial charge in [0.1, 0.15) is 11.5 Å². The molecule has 2 N–H and O–H groups in total. The number of hydrogen-bond acceptors (Lipinski definition) is 6. The molecule has 0 aliphatic rings. The van der Waals surface area contributed by atoms with Crippen LogP contribution in [0, 0.1) is 6.92 Å². The van der Waals surface area contributed by atoms with E-state index in [2.05, 4.69) is 34.5 Å². The third-order valence-corrected chi connectivity index (χ3v) is 4.96. The van der Waals surface area contributed by atoms with Crippen LogP contribution in [0.3, 0.4) is 0 Å². The van der Waals surface area contributed by atoms with Gasteiger partial charge in [-0.15, -0.1) is 10.2 Å². The zero-order valence-electron chi connectivity index (χ0n) is 16.9. The number of nitrogens with one attached hydrogen (secondary N) is 1. The van der Waals surface area contributed by atoms with Crippen molar-refractivity contribution < 1.29 is 14.6 Å². The van der Waals surface area contributed by atoms with Crippen molar-refractivity contribution in [2.45, 2.75) is 72.1 Å². The number of carbonyl (C=O) groups is 1. The van der Waals surface area contributed by atoms with Crippen LogP contribution in [-0.4, -0.2) is 38.1 Å². The van der Waals surface area contributed by atoms with Gasteiger partial charge in [0, 0.05) is 11.0 Å². The number of phenolic OH excluding ortho intramolecular Hbond substituents is 1. The number of aromatic hydroxyl groups is 1. The largest absolute Gasteiger partial charge is 0.507 e. The maximum Gasteiger partial charge on any atom is 0.180 e. The van der Waals surface area contributed by atoms with Gasteiger partial charge in [0.2, 0.25) is 0 Å². The summed E-state index contributed by atoms with van der Waals surface area (Å²) in [5.41, 5.74) is 1.85. The molecule has 1 aromatic heterocycles. The number of hydrogen-bond donors (Lipinski definition) is 2. The van der Waals surface area contributed by atoms with Crippen molar-refractivity contribution >= 4 is 5.78 Å². The van der Waals surface area contributed by atoms with Crippen LogP contribution in [0.25, 0.3) is 0 Å². The molecule has 0 fully saturated rings. The summed E-state index contributed by atoms with van der Waals surface area (Å²) in [6.45, 7) is 10.1. The van der Waals surface area contributed by atoms with Crippen molar-refractivity contribution in [3.63, 3.8) is 0 Å². The number of nitrogens with zero attached hydrogens (tertiary/aromatic N) is 3. The Labute approximate surface area is 160 Å². The van der Waals surface area contributed by atoms with Crippen LogP contribution in [0.15, 0.2) is 6.07 Å². The van der Waals surface area contributed by atoms with Gasteiger partial charge in [0.15, 0.2) is 11.6 Å². The summed E-state index contributed by atoms with van der Waals surface area (Å²) in [6, 6.07) is 1.74. The Morgan fingerprint density at radius 1 is 1.30 bits per heavy atom. The van der Waals surface area contributed by atoms with Crippen LogP contribution < -0.4 is 4.74 Å². The molecule has 0 spiro atoms. The molecule has 0 saturated heterocycles. The van der Waals surface area contributed by atoms with Gasteiger partial charge in [0.25, 0.3) is 0 Å². The minimum absolute atomic E-state index is 0.0246. The monoisotopic (exact) mass is 374 g/mol. The van der Waals surface area contributed by atoms with Gasteiger partial charge in [0.05, 0.1) is 12.2 Å². The smallest absolute Gasteiger partial charge is 0.180 e. The topological polar surface area (TPSA) is 101 Å². The predicted octanol–water partition coefficient (Wildman–Crippen LogP) is 3.90. The quantitative estimate of drug-likeness (QED) is 0.483. The van der Waals surface area contributed by atoms with Crippen LogP contribution in [0.1, 0.15) is 80.7 Å². The number of aromatic amines is 1. The average molecular weight is 374 g/mol. The number of aryl methyl sites for hydroxylation is 1. The number of carbonyl (C=O) groups excluding carboxylic acids is 1. The van der Waals surface area contributed by atoms with Crippen molar-refractivity contribution in [3.05, 3.63) is 28.6 Å². The highest BCUT2D eigenvalue weighted by Crippen LogP contribution is 2.35. The second kappa shape index (κ2) is 8.97. The Hall–Kier alpha value is -2.44. The third-order valence-electron chi connectivity index (χ3n) is 4.96. The lowest BCUT2D eigenvalue weighted by atomic mass is 9.86. The summed E-state index contributed by atoms with van der Waals surface area (Å²) in [4.78, 5) is 11.7. The normalized spacial score (nSPS) is 11.6. The van der Waals surface area contributed by atoms with Crippen molar-refractivity contribution in [1.29, 1.82) is 0 Å². The average Bonchev–Trinajstić information content (AvgIpc) is 3.16. The maximum atomic E-state index is 11.7. The number of rotatable bonds is 10. The standard InChI is InChI=1S/C20H30N4O3/c1-6-15-12-16(14(3)25)17(26)13(2)18(15)27-11-9-7-8-10-20(4,5)19-21-23-24-22-19/h12,26H,6-11H2,1-5H3,(H,21,22,23,24). The van der Waals surface area contributed by atoms with Gasteiger partial charge in [-0.3, -0.25) is 4.79 Å². The van der Waals surface area contributed by atoms with Gasteiger partial charge < -0.3 is 9.84 Å². The fourth-order valence-corrected chi connectivity index (χ4v) is 3.17. The van der Waals surface area contributed by atoms with Gasteiger partial charge >= 0.3 is 0 Å². The lowest BCUT2D eigenvalue weighted by Crippen LogP contribution is -2.19. The molecule has 0 bridgehead atoms. The summed E-state index contributed by atoms with van der Waals surface area (Å²) in [5.74, 6) is 1.33. The van der Waals surface area contributed by atoms with E-state index in [1.807, 2.05) is 6.92 Å². The van der Waals surface area contributed by atoms with E-state index in [0.717, 1.165) is 43.5 Å². The number of benzene rings is 1. The Morgan fingerprint density at radius 3 is 2.63 bits per heavy atom. The Balaban J connectivity index is 1.87. The molecule has 1 heterocycles. The molecule has 0 atom stereocenters. The Bertz CT molecular complexity index is 770. The molecular formula is C20H30N4O3. The number of Topliss-reactive ketones (excluding diaryl/α,β-unsaturated/α-hetero) is 1. The third kappa shape index (κ3) is 5.05. The van der Waals surface area contributed by atoms with E-state index in [9.17, 15) is 9.90 Å². The summed E-state index contributed by atoms with van der Waals surface area (Å²) in [7, 11) is 0. The summed E-state index contributed by atoms with van der Waals surface area (Å²) in [5, 5.41) is 24.6. The van der Waals surface area contributed by atoms with Crippen molar-refractivity contribution in [1.82, 2.24) is 20.6 Å². The van der Waals surface area contributed by atoms with Crippen LogP contribution >= 0.6 is 0 Å². The molecular weight excluding hydrogens is 344 g/mol. The number of aromatic nitrogens is 4. The lowest BCUT2D eigenvalue weighted by molar-refractivity contribution is 0.101. The predicted molar refractivity (Wildman–Crippen MR) is 103 cm³/mol. The zero-order chi connectivity index (χ0) is 20.0. The van der Waals surface area contributed by atoms with E-state index < -0.39 is 0 Å². The number of unbranched alkanes of at least 4 members (excludes halogenated alkanes) is 2. The van der Waals surface area contributed by atoms with E-state index in [4.69, 9.17) is 4.74 Å². The first-order valence-electron chi connectivity index (χ1n) is 9.51. The molecule has 0 aliphatic carbocycles. The second-order valence-electron chi connectivity index (χ2n) is 7.57. The van der Waals surface area contributed by atoms with E-state index in [1.165, 1.54) is 6.92 Å². The minimum atomic E-state index is -0.138. The molecule has 2 rings (SSSR count). The first-order valence-corrected chi connectivity index (χ1v) is 9.51. The maximum absolute atomic E-state index is 11.7. The van der Waals surface area contributed by atoms with E-state index in [-0.39, 0.29) is 16.9 Å². The van der Waals surface area contributed by atoms with Crippen LogP contribution in [-0.2, 0) is 11.8 Å². The fourth-order valence-electron chi connectivity index (χ4n) is 3.17. The Kier molecular flexibility index (Phi) is 6.93. The summed E-state index contributed by atoms with van der Waals surface area (Å²) in [6.07, 6.45) is 4.70. The highest BCUT2D eigenvalue weighted by Gasteiger charge is 2.24. The number of ether oxygens (including phenoxy) is 1. The van der Waals surface area contributed by atoms with Crippen molar-refractivity contribution in [2.75, 3.05) is 6.61 Å². The molecule has 0 aliphatic heterocycles. The highest BCUT2D eigenvalue weighted by molar-refractivity contribution is 5.97. The molecule has 148 valence electrons. The van der Waals surface area contributed by atoms with Gasteiger partial charge in [-0.2, -0.15) is 5.21 Å². The zero-order valence-corrected chi connectivity index (χ0v) is 16.9. The number of H-pyrrole nitrogens is 1. The highest BCUT2D eigenvalue weighted by atomic mass is 16.5. The number of ketones is 1. The lowest BCUT2D eigenvalue weighted by Gasteiger charge is -2.20. The van der Waals surface area contributed by atoms with E-state index in [0.29, 0.717) is 23.5 Å². The van der Waals surface area contributed by atoms with E-state index >= 15 is 0 Å². The van der Waals surface area contributed by atoms with Gasteiger partial charge in [-0.1, -0.05) is 38.8 Å². The van der Waals surface area contributed by atoms with Crippen molar-refractivity contribution in [2.24, 2.45) is 0 Å². The molecule has 27 heavy (non-hydrogen) atoms. The molecule has 7 nitrogen and oxygen atoms in total. The van der Waals surface area contributed by atoms with Crippen LogP contribution in [0.5, 0.6) is 11.5 Å². The molecule has 7 heteroatoms. The number of tetrazole rings is 1. The fraction of sp³-hybridized carbons (Fsp3) is 0.600. The molecule has 0 saturated carbocycles. The van der Waals surface area contributed by atoms with Crippen LogP contribution in [0.2, 0.25) is 0 Å². The molecule has 0 unspecified atom stereocenters. The molecule has 0 radical (unpaired) electrons. The molecule has 1 aromatic carbocycles. The van der Waals surface area contributed by atoms with Crippen LogP contribution in [0.4, 0.5) is 0 Å². The first-order chi connectivity index (χ1) is 12.8. The first kappa shape index (κ1) is 20.9. The van der Waals surface area contributed by atoms with Gasteiger partial charge in [-0.25, -0.2) is 0 Å². The Morgan fingerprint density at radius 2 is 2.04 bits per heavy atom. The van der Waals surface area contributed by atoms with E-state index in [1.54, 1.807) is 13.0 Å². The molecule has 0 amide bonds. The summed E-state index contributed by atoms with van der Waals surface area (Å²) >= 11 is 0. The van der Waals surface area contributed by atoms with Crippen molar-refractivity contribution in [3.8, 4) is 11.5 Å². The minimum Gasteiger partial charge on any atom is -0.507 e. The molecule has 2 aromatic rings. The van der Waals surface area contributed by atoms with Gasteiger partial charge in [-0.05, 0) is 44.7 Å². The number of phenols is 1. The summed E-state index contributed by atoms with van der Waals surface area (Å²) < 4.78 is 5.97. The SMILES string of the molecule is CCc1cc(C(C)=O)c(O)c(C)c1OCCCCCC(C)(C)c1nn[nH]n1.